The Bertz CT molecular complexity index is 560. The van der Waals surface area contributed by atoms with Gasteiger partial charge in [-0.3, -0.25) is 10.1 Å². The Kier molecular flexibility index (Phi) is 4.42. The number of carbonyl (C=O) groups is 1. The first-order chi connectivity index (χ1) is 9.93. The number of carboxylic acids is 1. The first-order valence-electron chi connectivity index (χ1n) is 6.73. The highest BCUT2D eigenvalue weighted by molar-refractivity contribution is 5.93. The van der Waals surface area contributed by atoms with E-state index in [0.717, 1.165) is 13.0 Å². The number of nitro benzene ring substituents is 1. The van der Waals surface area contributed by atoms with Gasteiger partial charge in [0.25, 0.3) is 5.69 Å². The van der Waals surface area contributed by atoms with Crippen LogP contribution in [0.3, 0.4) is 0 Å². The van der Waals surface area contributed by atoms with Gasteiger partial charge >= 0.3 is 5.97 Å². The maximum absolute atomic E-state index is 11.2. The van der Waals surface area contributed by atoms with Crippen molar-refractivity contribution in [3.63, 3.8) is 0 Å². The summed E-state index contributed by atoms with van der Waals surface area (Å²) in [5.74, 6) is -0.861. The summed E-state index contributed by atoms with van der Waals surface area (Å²) in [6.07, 6.45) is 1.000. The molecule has 114 valence electrons. The molecule has 0 radical (unpaired) electrons. The molecule has 0 amide bonds. The number of nitro groups is 1. The number of anilines is 1. The number of hydrogen-bond donors (Lipinski definition) is 1. The predicted molar refractivity (Wildman–Crippen MR) is 76.8 cm³/mol. The smallest absolute Gasteiger partial charge is 0.342 e. The molecule has 1 heterocycles. The van der Waals surface area contributed by atoms with Gasteiger partial charge in [0.1, 0.15) is 5.56 Å². The molecule has 1 N–H and O–H groups in total. The number of rotatable bonds is 4. The zero-order valence-electron chi connectivity index (χ0n) is 12.0. The number of nitrogens with zero attached hydrogens (tertiary/aromatic N) is 2. The summed E-state index contributed by atoms with van der Waals surface area (Å²) in [6, 6.07) is 4.20. The van der Waals surface area contributed by atoms with Gasteiger partial charge in [-0.25, -0.2) is 4.79 Å². The van der Waals surface area contributed by atoms with Crippen LogP contribution >= 0.6 is 0 Å². The number of aromatic carboxylic acids is 1. The van der Waals surface area contributed by atoms with E-state index in [4.69, 9.17) is 9.84 Å². The van der Waals surface area contributed by atoms with Crippen LogP contribution in [0.2, 0.25) is 0 Å². The highest BCUT2D eigenvalue weighted by atomic mass is 16.6. The molecule has 0 aliphatic carbocycles. The second-order valence-electron chi connectivity index (χ2n) is 5.25. The average Bonchev–Trinajstić information content (AvgIpc) is 2.47. The maximum atomic E-state index is 11.2. The third kappa shape index (κ3) is 3.13. The topological polar surface area (TPSA) is 92.9 Å². The minimum Gasteiger partial charge on any atom is -0.477 e. The predicted octanol–water partition coefficient (Wildman–Crippen LogP) is 2.15. The average molecular weight is 294 g/mol. The van der Waals surface area contributed by atoms with Crippen LogP contribution in [0.5, 0.6) is 0 Å². The van der Waals surface area contributed by atoms with Crippen molar-refractivity contribution >= 4 is 17.3 Å². The summed E-state index contributed by atoms with van der Waals surface area (Å²) >= 11 is 0. The molecule has 1 aliphatic heterocycles. The molecule has 0 aromatic heterocycles. The Morgan fingerprint density at radius 1 is 1.52 bits per heavy atom. The first-order valence-corrected chi connectivity index (χ1v) is 6.73. The van der Waals surface area contributed by atoms with E-state index in [0.29, 0.717) is 18.2 Å². The van der Waals surface area contributed by atoms with E-state index in [1.54, 1.807) is 13.2 Å². The molecule has 1 aliphatic rings. The molecule has 1 aromatic rings. The molecule has 2 rings (SSSR count). The lowest BCUT2D eigenvalue weighted by molar-refractivity contribution is -0.385. The van der Waals surface area contributed by atoms with Crippen LogP contribution in [0, 0.1) is 16.0 Å². The van der Waals surface area contributed by atoms with Gasteiger partial charge in [-0.05, 0) is 24.5 Å². The monoisotopic (exact) mass is 294 g/mol. The van der Waals surface area contributed by atoms with Crippen molar-refractivity contribution in [1.82, 2.24) is 0 Å². The Balaban J connectivity index is 2.30. The summed E-state index contributed by atoms with van der Waals surface area (Å²) in [5, 5.41) is 20.0. The standard InChI is InChI=1S/C14H18N2O5/c1-9-5-6-15(8-13(9)21-2)10-3-4-12(16(19)20)11(7-10)14(17)18/h3-4,7,9,13H,5-6,8H2,1-2H3,(H,17,18). The number of methoxy groups -OCH3 is 1. The zero-order chi connectivity index (χ0) is 15.6. The fourth-order valence-corrected chi connectivity index (χ4v) is 2.63. The van der Waals surface area contributed by atoms with Gasteiger partial charge in [-0.1, -0.05) is 6.92 Å². The molecule has 1 fully saturated rings. The molecule has 1 saturated heterocycles. The summed E-state index contributed by atoms with van der Waals surface area (Å²) < 4.78 is 5.43. The molecule has 0 spiro atoms. The quantitative estimate of drug-likeness (QED) is 0.675. The van der Waals surface area contributed by atoms with Gasteiger partial charge in [-0.2, -0.15) is 0 Å². The van der Waals surface area contributed by atoms with Crippen LogP contribution in [0.15, 0.2) is 18.2 Å². The summed E-state index contributed by atoms with van der Waals surface area (Å²) in [7, 11) is 1.66. The van der Waals surface area contributed by atoms with Gasteiger partial charge in [-0.15, -0.1) is 0 Å². The van der Waals surface area contributed by atoms with Gasteiger partial charge in [0.15, 0.2) is 0 Å². The fourth-order valence-electron chi connectivity index (χ4n) is 2.63. The van der Waals surface area contributed by atoms with Crippen molar-refractivity contribution in [3.8, 4) is 0 Å². The minimum absolute atomic E-state index is 0.0715. The van der Waals surface area contributed by atoms with Crippen LogP contribution in [-0.4, -0.2) is 42.3 Å². The minimum atomic E-state index is -1.29. The first kappa shape index (κ1) is 15.2. The summed E-state index contributed by atoms with van der Waals surface area (Å²) in [5.41, 5.74) is -0.00282. The van der Waals surface area contributed by atoms with E-state index in [1.807, 2.05) is 4.90 Å². The van der Waals surface area contributed by atoms with Crippen molar-refractivity contribution in [1.29, 1.82) is 0 Å². The van der Waals surface area contributed by atoms with Crippen molar-refractivity contribution in [2.75, 3.05) is 25.1 Å². The number of ether oxygens (including phenoxy) is 1. The second kappa shape index (κ2) is 6.09. The Morgan fingerprint density at radius 3 is 2.81 bits per heavy atom. The fraction of sp³-hybridized carbons (Fsp3) is 0.500. The second-order valence-corrected chi connectivity index (χ2v) is 5.25. The Hall–Kier alpha value is -2.15. The number of piperidine rings is 1. The zero-order valence-corrected chi connectivity index (χ0v) is 12.0. The molecule has 7 heteroatoms. The molecule has 7 nitrogen and oxygen atoms in total. The van der Waals surface area contributed by atoms with Crippen molar-refractivity contribution in [2.45, 2.75) is 19.4 Å². The third-order valence-corrected chi connectivity index (χ3v) is 3.96. The van der Waals surface area contributed by atoms with Crippen LogP contribution in [0.25, 0.3) is 0 Å². The van der Waals surface area contributed by atoms with Crippen molar-refractivity contribution < 1.29 is 19.6 Å². The van der Waals surface area contributed by atoms with Crippen LogP contribution in [0.4, 0.5) is 11.4 Å². The summed E-state index contributed by atoms with van der Waals surface area (Å²) in [6.45, 7) is 3.54. The lowest BCUT2D eigenvalue weighted by Gasteiger charge is -2.37. The van der Waals surface area contributed by atoms with E-state index < -0.39 is 10.9 Å². The molecule has 1 aromatic carbocycles. The van der Waals surface area contributed by atoms with E-state index in [-0.39, 0.29) is 17.4 Å². The molecule has 2 atom stereocenters. The van der Waals surface area contributed by atoms with Crippen LogP contribution in [0.1, 0.15) is 23.7 Å². The van der Waals surface area contributed by atoms with E-state index in [1.165, 1.54) is 12.1 Å². The highest BCUT2D eigenvalue weighted by Crippen LogP contribution is 2.29. The summed E-state index contributed by atoms with van der Waals surface area (Å²) in [4.78, 5) is 23.4. The number of benzene rings is 1. The number of carboxylic acid groups (broad SMARTS) is 1. The molecule has 0 saturated carbocycles. The van der Waals surface area contributed by atoms with E-state index in [9.17, 15) is 14.9 Å². The SMILES string of the molecule is COC1CN(c2ccc([N+](=O)[O-])c(C(=O)O)c2)CCC1C. The Morgan fingerprint density at radius 2 is 2.24 bits per heavy atom. The van der Waals surface area contributed by atoms with Crippen molar-refractivity contribution in [2.24, 2.45) is 5.92 Å². The van der Waals surface area contributed by atoms with E-state index >= 15 is 0 Å². The Labute approximate surface area is 122 Å². The van der Waals surface area contributed by atoms with Gasteiger partial charge in [0.05, 0.1) is 11.0 Å². The molecule has 2 unspecified atom stereocenters. The molecular weight excluding hydrogens is 276 g/mol. The van der Waals surface area contributed by atoms with Gasteiger partial charge in [0, 0.05) is 32.0 Å². The van der Waals surface area contributed by atoms with Crippen molar-refractivity contribution in [3.05, 3.63) is 33.9 Å². The van der Waals surface area contributed by atoms with Gasteiger partial charge < -0.3 is 14.7 Å². The van der Waals surface area contributed by atoms with Gasteiger partial charge in [0.2, 0.25) is 0 Å². The molecule has 21 heavy (non-hydrogen) atoms. The number of hydrogen-bond acceptors (Lipinski definition) is 5. The normalized spacial score (nSPS) is 22.1. The van der Waals surface area contributed by atoms with Crippen LogP contribution in [-0.2, 0) is 4.74 Å². The molecular formula is C14H18N2O5. The maximum Gasteiger partial charge on any atom is 0.342 e. The molecule has 0 bridgehead atoms. The third-order valence-electron chi connectivity index (χ3n) is 3.96. The lowest BCUT2D eigenvalue weighted by Crippen LogP contribution is -2.44. The lowest BCUT2D eigenvalue weighted by atomic mass is 9.95. The highest BCUT2D eigenvalue weighted by Gasteiger charge is 2.28. The van der Waals surface area contributed by atoms with E-state index in [2.05, 4.69) is 6.92 Å². The largest absolute Gasteiger partial charge is 0.477 e. The van der Waals surface area contributed by atoms with Crippen LogP contribution < -0.4 is 4.90 Å².